The molecule has 0 aliphatic carbocycles. The third-order valence-electron chi connectivity index (χ3n) is 3.92. The maximum absolute atomic E-state index is 12.1. The van der Waals surface area contributed by atoms with E-state index in [0.29, 0.717) is 48.0 Å². The molecule has 118 valence electrons. The molecule has 0 spiro atoms. The highest BCUT2D eigenvalue weighted by atomic mass is 16.5. The lowest BCUT2D eigenvalue weighted by atomic mass is 9.92. The predicted octanol–water partition coefficient (Wildman–Crippen LogP) is 2.56. The average molecular weight is 311 g/mol. The van der Waals surface area contributed by atoms with Crippen LogP contribution in [0.1, 0.15) is 32.7 Å². The van der Waals surface area contributed by atoms with Crippen molar-refractivity contribution < 1.29 is 19.4 Å². The summed E-state index contributed by atoms with van der Waals surface area (Å²) in [6, 6.07) is 7.06. The van der Waals surface area contributed by atoms with E-state index < -0.39 is 11.8 Å². The molecule has 1 heterocycles. The van der Waals surface area contributed by atoms with Crippen molar-refractivity contribution in [1.82, 2.24) is 5.32 Å². The molecule has 5 heteroatoms. The second-order valence-corrected chi connectivity index (χ2v) is 5.37. The summed E-state index contributed by atoms with van der Waals surface area (Å²) in [6.45, 7) is 4.52. The third-order valence-corrected chi connectivity index (χ3v) is 3.92. The number of rotatable bonds is 6. The van der Waals surface area contributed by atoms with Crippen molar-refractivity contribution in [2.45, 2.75) is 12.8 Å². The number of phenolic OH excluding ortho intramolecular Hbond substituents is 1. The van der Waals surface area contributed by atoms with Crippen LogP contribution in [0.2, 0.25) is 0 Å². The minimum Gasteiger partial charge on any atom is -0.507 e. The number of hydrogen-bond donors (Lipinski definition) is 2. The normalized spacial score (nSPS) is 13.2. The van der Waals surface area contributed by atoms with Gasteiger partial charge in [-0.05, 0) is 18.2 Å². The molecule has 0 fully saturated rings. The molecule has 2 aromatic rings. The summed E-state index contributed by atoms with van der Waals surface area (Å²) >= 11 is 0. The number of benzene rings is 2. The first-order valence-electron chi connectivity index (χ1n) is 7.46. The number of imide groups is 1. The average Bonchev–Trinajstić information content (AvgIpc) is 2.85. The van der Waals surface area contributed by atoms with Gasteiger partial charge in [0, 0.05) is 17.6 Å². The van der Waals surface area contributed by atoms with Crippen LogP contribution in [0.5, 0.6) is 5.75 Å². The topological polar surface area (TPSA) is 75.6 Å². The van der Waals surface area contributed by atoms with Crippen molar-refractivity contribution in [2.24, 2.45) is 0 Å². The van der Waals surface area contributed by atoms with Gasteiger partial charge in [-0.25, -0.2) is 0 Å². The standard InChI is InChI=1S/C18H17NO4/c1-2-9-23-10-5-8-13-15-14(17(21)19-18(15)22)11-6-3-4-7-12(11)16(13)20/h2-4,6-7,20H,1,5,8-10H2,(H,19,21,22). The van der Waals surface area contributed by atoms with Gasteiger partial charge in [-0.1, -0.05) is 30.3 Å². The zero-order chi connectivity index (χ0) is 16.4. The van der Waals surface area contributed by atoms with E-state index in [-0.39, 0.29) is 11.3 Å². The number of aromatic hydroxyl groups is 1. The van der Waals surface area contributed by atoms with Crippen molar-refractivity contribution >= 4 is 22.6 Å². The molecule has 0 saturated carbocycles. The summed E-state index contributed by atoms with van der Waals surface area (Å²) < 4.78 is 5.33. The van der Waals surface area contributed by atoms with Crippen LogP contribution in [0.4, 0.5) is 0 Å². The van der Waals surface area contributed by atoms with E-state index in [9.17, 15) is 14.7 Å². The summed E-state index contributed by atoms with van der Waals surface area (Å²) in [7, 11) is 0. The van der Waals surface area contributed by atoms with E-state index in [4.69, 9.17) is 4.74 Å². The highest BCUT2D eigenvalue weighted by Crippen LogP contribution is 2.38. The molecular weight excluding hydrogens is 294 g/mol. The van der Waals surface area contributed by atoms with Gasteiger partial charge in [-0.2, -0.15) is 0 Å². The van der Waals surface area contributed by atoms with Gasteiger partial charge in [0.15, 0.2) is 0 Å². The lowest BCUT2D eigenvalue weighted by molar-refractivity contribution is 0.0879. The Morgan fingerprint density at radius 3 is 2.57 bits per heavy atom. The van der Waals surface area contributed by atoms with Crippen LogP contribution in [-0.4, -0.2) is 30.1 Å². The van der Waals surface area contributed by atoms with E-state index in [0.717, 1.165) is 0 Å². The Labute approximate surface area is 133 Å². The molecule has 2 N–H and O–H groups in total. The van der Waals surface area contributed by atoms with Crippen LogP contribution in [0.25, 0.3) is 10.8 Å². The second-order valence-electron chi connectivity index (χ2n) is 5.37. The molecule has 1 aliphatic rings. The van der Waals surface area contributed by atoms with Crippen molar-refractivity contribution in [3.63, 3.8) is 0 Å². The highest BCUT2D eigenvalue weighted by Gasteiger charge is 2.33. The number of amides is 2. The van der Waals surface area contributed by atoms with Gasteiger partial charge < -0.3 is 9.84 Å². The zero-order valence-corrected chi connectivity index (χ0v) is 12.6. The first-order valence-corrected chi connectivity index (χ1v) is 7.46. The fourth-order valence-electron chi connectivity index (χ4n) is 2.95. The molecule has 5 nitrogen and oxygen atoms in total. The summed E-state index contributed by atoms with van der Waals surface area (Å²) in [4.78, 5) is 24.3. The number of hydrogen-bond acceptors (Lipinski definition) is 4. The maximum atomic E-state index is 12.1. The molecule has 0 unspecified atom stereocenters. The lowest BCUT2D eigenvalue weighted by Crippen LogP contribution is -2.20. The first-order chi connectivity index (χ1) is 11.1. The Hall–Kier alpha value is -2.66. The Morgan fingerprint density at radius 1 is 1.13 bits per heavy atom. The van der Waals surface area contributed by atoms with E-state index in [2.05, 4.69) is 11.9 Å². The summed E-state index contributed by atoms with van der Waals surface area (Å²) in [5.41, 5.74) is 1.14. The molecule has 2 aromatic carbocycles. The number of phenols is 1. The highest BCUT2D eigenvalue weighted by molar-refractivity contribution is 6.28. The minimum atomic E-state index is -0.451. The van der Waals surface area contributed by atoms with E-state index in [1.165, 1.54) is 0 Å². The van der Waals surface area contributed by atoms with Crippen molar-refractivity contribution in [1.29, 1.82) is 0 Å². The minimum absolute atomic E-state index is 0.0629. The molecular formula is C18H17NO4. The molecule has 3 rings (SSSR count). The van der Waals surface area contributed by atoms with Gasteiger partial charge in [-0.15, -0.1) is 6.58 Å². The van der Waals surface area contributed by atoms with Crippen molar-refractivity contribution in [3.05, 3.63) is 53.6 Å². The Kier molecular flexibility index (Phi) is 4.12. The van der Waals surface area contributed by atoms with Gasteiger partial charge in [0.2, 0.25) is 0 Å². The molecule has 0 radical (unpaired) electrons. The molecule has 0 bridgehead atoms. The molecule has 23 heavy (non-hydrogen) atoms. The van der Waals surface area contributed by atoms with Gasteiger partial charge >= 0.3 is 0 Å². The number of carbonyl (C=O) groups excluding carboxylic acids is 2. The Balaban J connectivity index is 2.05. The lowest BCUT2D eigenvalue weighted by Gasteiger charge is -2.13. The largest absolute Gasteiger partial charge is 0.507 e. The van der Waals surface area contributed by atoms with Crippen LogP contribution in [0.3, 0.4) is 0 Å². The molecule has 1 aliphatic heterocycles. The maximum Gasteiger partial charge on any atom is 0.259 e. The quantitative estimate of drug-likeness (QED) is 0.488. The number of carbonyl (C=O) groups is 2. The SMILES string of the molecule is C=CCOCCCc1c2c(c3ccccc3c1O)C(=O)NC2=O. The van der Waals surface area contributed by atoms with E-state index in [1.54, 1.807) is 30.3 Å². The fraction of sp³-hybridized carbons (Fsp3) is 0.222. The summed E-state index contributed by atoms with van der Waals surface area (Å²) in [6.07, 6.45) is 2.75. The van der Waals surface area contributed by atoms with Crippen LogP contribution < -0.4 is 5.32 Å². The van der Waals surface area contributed by atoms with E-state index in [1.807, 2.05) is 0 Å². The van der Waals surface area contributed by atoms with Crippen LogP contribution in [0, 0.1) is 0 Å². The van der Waals surface area contributed by atoms with E-state index >= 15 is 0 Å². The zero-order valence-electron chi connectivity index (χ0n) is 12.6. The molecule has 0 aromatic heterocycles. The van der Waals surface area contributed by atoms with Crippen LogP contribution in [-0.2, 0) is 11.2 Å². The predicted molar refractivity (Wildman–Crippen MR) is 86.7 cm³/mol. The van der Waals surface area contributed by atoms with Crippen molar-refractivity contribution in [3.8, 4) is 5.75 Å². The van der Waals surface area contributed by atoms with Gasteiger partial charge in [0.05, 0.1) is 17.7 Å². The fourth-order valence-corrected chi connectivity index (χ4v) is 2.95. The number of fused-ring (bicyclic) bond motifs is 3. The molecule has 2 amide bonds. The Bertz CT molecular complexity index is 810. The molecule has 0 atom stereocenters. The van der Waals surface area contributed by atoms with Gasteiger partial charge in [0.1, 0.15) is 5.75 Å². The van der Waals surface area contributed by atoms with Gasteiger partial charge in [-0.3, -0.25) is 14.9 Å². The van der Waals surface area contributed by atoms with Crippen LogP contribution in [0.15, 0.2) is 36.9 Å². The summed E-state index contributed by atoms with van der Waals surface area (Å²) in [5.74, 6) is -0.800. The molecule has 0 saturated heterocycles. The Morgan fingerprint density at radius 2 is 1.83 bits per heavy atom. The first kappa shape index (κ1) is 15.2. The number of ether oxygens (including phenoxy) is 1. The third kappa shape index (κ3) is 2.59. The van der Waals surface area contributed by atoms with Crippen molar-refractivity contribution in [2.75, 3.05) is 13.2 Å². The summed E-state index contributed by atoms with van der Waals surface area (Å²) in [5, 5.41) is 14.1. The second kappa shape index (κ2) is 6.22. The number of nitrogens with one attached hydrogen (secondary N) is 1. The van der Waals surface area contributed by atoms with Crippen LogP contribution >= 0.6 is 0 Å². The van der Waals surface area contributed by atoms with Gasteiger partial charge in [0.25, 0.3) is 11.8 Å². The monoisotopic (exact) mass is 311 g/mol. The smallest absolute Gasteiger partial charge is 0.259 e.